The highest BCUT2D eigenvalue weighted by Crippen LogP contribution is 2.42. The molecule has 3 heterocycles. The second-order valence-corrected chi connectivity index (χ2v) is 9.00. The molecule has 5 nitrogen and oxygen atoms in total. The number of halogens is 1. The number of ether oxygens (including phenoxy) is 1. The van der Waals surface area contributed by atoms with E-state index in [-0.39, 0.29) is 34.3 Å². The van der Waals surface area contributed by atoms with Crippen LogP contribution in [0.5, 0.6) is 5.75 Å². The molecule has 2 saturated heterocycles. The van der Waals surface area contributed by atoms with Crippen molar-refractivity contribution < 1.29 is 14.2 Å². The van der Waals surface area contributed by atoms with Crippen molar-refractivity contribution in [3.63, 3.8) is 0 Å². The summed E-state index contributed by atoms with van der Waals surface area (Å²) in [6.45, 7) is 4.02. The van der Waals surface area contributed by atoms with Gasteiger partial charge in [-0.05, 0) is 26.0 Å². The number of hydrogen-bond acceptors (Lipinski definition) is 3. The van der Waals surface area contributed by atoms with Gasteiger partial charge >= 0.3 is 0 Å². The molecule has 3 aliphatic rings. The van der Waals surface area contributed by atoms with E-state index in [0.717, 1.165) is 37.7 Å². The van der Waals surface area contributed by atoms with Crippen LogP contribution in [-0.4, -0.2) is 41.3 Å². The molecule has 4 atom stereocenters. The van der Waals surface area contributed by atoms with E-state index in [2.05, 4.69) is 5.32 Å². The van der Waals surface area contributed by atoms with Crippen LogP contribution in [0.25, 0.3) is 0 Å². The highest BCUT2D eigenvalue weighted by atomic mass is 35.5. The number of quaternary nitrogens is 1. The van der Waals surface area contributed by atoms with E-state index in [4.69, 9.17) is 16.3 Å². The van der Waals surface area contributed by atoms with Crippen molar-refractivity contribution in [1.29, 1.82) is 0 Å². The Balaban J connectivity index is 1.54. The van der Waals surface area contributed by atoms with Gasteiger partial charge in [-0.3, -0.25) is 4.79 Å². The Morgan fingerprint density at radius 2 is 1.96 bits per heavy atom. The molecule has 2 fully saturated rings. The molecule has 0 radical (unpaired) electrons. The maximum Gasteiger partial charge on any atom is 0.255 e. The highest BCUT2D eigenvalue weighted by molar-refractivity contribution is 6.31. The van der Waals surface area contributed by atoms with E-state index in [9.17, 15) is 10.0 Å². The third kappa shape index (κ3) is 2.92. The topological polar surface area (TPSA) is 61.4 Å². The summed E-state index contributed by atoms with van der Waals surface area (Å²) in [5.74, 6) is 0.498. The Labute approximate surface area is 153 Å². The van der Waals surface area contributed by atoms with E-state index in [1.165, 1.54) is 0 Å². The molecule has 0 aromatic heterocycles. The summed E-state index contributed by atoms with van der Waals surface area (Å²) >= 11 is 6.22. The quantitative estimate of drug-likeness (QED) is 0.646. The van der Waals surface area contributed by atoms with E-state index in [1.54, 1.807) is 13.1 Å². The first-order chi connectivity index (χ1) is 11.7. The molecular formula is C19H25ClN2O3. The maximum atomic E-state index is 12.9. The molecule has 0 aliphatic carbocycles. The van der Waals surface area contributed by atoms with E-state index >= 15 is 0 Å². The first kappa shape index (κ1) is 17.1. The van der Waals surface area contributed by atoms with Crippen molar-refractivity contribution in [1.82, 2.24) is 5.32 Å². The number of piperidine rings is 1. The molecule has 1 N–H and O–H groups in total. The molecular weight excluding hydrogens is 340 g/mol. The number of carbonyl (C=O) groups is 1. The zero-order valence-electron chi connectivity index (χ0n) is 15.0. The van der Waals surface area contributed by atoms with Crippen LogP contribution in [0.15, 0.2) is 12.1 Å². The molecule has 2 unspecified atom stereocenters. The monoisotopic (exact) mass is 364 g/mol. The fraction of sp³-hybridized carbons (Fsp3) is 0.632. The lowest BCUT2D eigenvalue weighted by molar-refractivity contribution is -0.902. The van der Waals surface area contributed by atoms with Gasteiger partial charge in [0.2, 0.25) is 0 Å². The van der Waals surface area contributed by atoms with Crippen LogP contribution >= 0.6 is 11.6 Å². The second-order valence-electron chi connectivity index (χ2n) is 8.57. The summed E-state index contributed by atoms with van der Waals surface area (Å²) in [7, 11) is 1.78. The van der Waals surface area contributed by atoms with Gasteiger partial charge in [0.25, 0.3) is 5.91 Å². The summed E-state index contributed by atoms with van der Waals surface area (Å²) in [6, 6.07) is 3.81. The summed E-state index contributed by atoms with van der Waals surface area (Å²) < 4.78 is 5.86. The molecule has 3 aliphatic heterocycles. The lowest BCUT2D eigenvalue weighted by Crippen LogP contribution is -2.57. The van der Waals surface area contributed by atoms with Gasteiger partial charge in [0.1, 0.15) is 11.4 Å². The minimum absolute atomic E-state index is 0.0502. The largest absolute Gasteiger partial charge is 0.633 e. The summed E-state index contributed by atoms with van der Waals surface area (Å²) in [5.41, 5.74) is 1.16. The van der Waals surface area contributed by atoms with Crippen LogP contribution in [0.3, 0.4) is 0 Å². The van der Waals surface area contributed by atoms with Gasteiger partial charge in [-0.25, -0.2) is 0 Å². The molecule has 6 heteroatoms. The van der Waals surface area contributed by atoms with Gasteiger partial charge in [0.05, 0.1) is 24.7 Å². The van der Waals surface area contributed by atoms with E-state index < -0.39 is 0 Å². The third-order valence-electron chi connectivity index (χ3n) is 6.10. The number of hydroxylamine groups is 3. The third-order valence-corrected chi connectivity index (χ3v) is 6.32. The number of benzene rings is 1. The second kappa shape index (κ2) is 5.60. The Bertz CT molecular complexity index is 716. The van der Waals surface area contributed by atoms with Crippen LogP contribution in [0, 0.1) is 5.21 Å². The van der Waals surface area contributed by atoms with Crippen LogP contribution < -0.4 is 10.1 Å². The summed E-state index contributed by atoms with van der Waals surface area (Å²) in [6.07, 6.45) is 4.15. The van der Waals surface area contributed by atoms with Crippen molar-refractivity contribution in [2.75, 3.05) is 7.05 Å². The maximum absolute atomic E-state index is 12.9. The fourth-order valence-electron chi connectivity index (χ4n) is 4.83. The summed E-state index contributed by atoms with van der Waals surface area (Å²) in [5, 5.41) is 16.3. The number of nitrogens with one attached hydrogen (secondary N) is 1. The van der Waals surface area contributed by atoms with Crippen molar-refractivity contribution in [3.8, 4) is 5.75 Å². The Morgan fingerprint density at radius 1 is 1.32 bits per heavy atom. The predicted molar refractivity (Wildman–Crippen MR) is 96.7 cm³/mol. The van der Waals surface area contributed by atoms with Gasteiger partial charge in [-0.1, -0.05) is 11.6 Å². The number of fused-ring (bicyclic) bond motifs is 3. The van der Waals surface area contributed by atoms with Gasteiger partial charge in [0.15, 0.2) is 0 Å². The van der Waals surface area contributed by atoms with Crippen LogP contribution in [0.1, 0.15) is 55.5 Å². The van der Waals surface area contributed by atoms with Crippen molar-refractivity contribution in [2.24, 2.45) is 0 Å². The molecule has 0 saturated carbocycles. The van der Waals surface area contributed by atoms with Gasteiger partial charge in [-0.15, -0.1) is 0 Å². The normalized spacial score (nSPS) is 35.2. The lowest BCUT2D eigenvalue weighted by atomic mass is 9.96. The zero-order valence-corrected chi connectivity index (χ0v) is 15.7. The van der Waals surface area contributed by atoms with E-state index in [0.29, 0.717) is 16.3 Å². The minimum atomic E-state index is -0.326. The molecule has 25 heavy (non-hydrogen) atoms. The smallest absolute Gasteiger partial charge is 0.255 e. The Morgan fingerprint density at radius 3 is 2.60 bits per heavy atom. The van der Waals surface area contributed by atoms with Crippen LogP contribution in [0.4, 0.5) is 0 Å². The molecule has 0 spiro atoms. The highest BCUT2D eigenvalue weighted by Gasteiger charge is 2.47. The van der Waals surface area contributed by atoms with Gasteiger partial charge < -0.3 is 19.9 Å². The zero-order chi connectivity index (χ0) is 18.0. The van der Waals surface area contributed by atoms with Gasteiger partial charge in [-0.2, -0.15) is 0 Å². The number of rotatable bonds is 2. The first-order valence-corrected chi connectivity index (χ1v) is 9.43. The van der Waals surface area contributed by atoms with E-state index in [1.807, 2.05) is 19.9 Å². The molecule has 2 bridgehead atoms. The first-order valence-electron chi connectivity index (χ1n) is 9.05. The average Bonchev–Trinajstić information content (AvgIpc) is 2.84. The minimum Gasteiger partial charge on any atom is -0.633 e. The Hall–Kier alpha value is -1.30. The molecule has 1 aromatic rings. The number of amides is 1. The predicted octanol–water partition coefficient (Wildman–Crippen LogP) is 3.42. The average molecular weight is 365 g/mol. The fourth-order valence-corrected chi connectivity index (χ4v) is 5.07. The van der Waals surface area contributed by atoms with Crippen molar-refractivity contribution in [2.45, 2.75) is 69.7 Å². The molecule has 1 amide bonds. The molecule has 4 rings (SSSR count). The number of nitrogens with zero attached hydrogens (tertiary/aromatic N) is 1. The van der Waals surface area contributed by atoms with Crippen molar-refractivity contribution in [3.05, 3.63) is 33.5 Å². The number of carbonyl (C=O) groups excluding carboxylic acids is 1. The van der Waals surface area contributed by atoms with Gasteiger partial charge in [0, 0.05) is 48.7 Å². The lowest BCUT2D eigenvalue weighted by Gasteiger charge is -2.50. The van der Waals surface area contributed by atoms with Crippen LogP contribution in [-0.2, 0) is 6.42 Å². The summed E-state index contributed by atoms with van der Waals surface area (Å²) in [4.78, 5) is 12.9. The number of hydrogen-bond donors (Lipinski definition) is 1. The molecule has 1 aromatic carbocycles. The van der Waals surface area contributed by atoms with Crippen molar-refractivity contribution >= 4 is 17.5 Å². The van der Waals surface area contributed by atoms with Crippen LogP contribution in [0.2, 0.25) is 5.02 Å². The SMILES string of the molecule is CC1(C)Cc2cc(Cl)cc(C(=O)NC3C[C@H]4CC[C@@H](C3)[N+]4(C)[O-])c2O1. The standard InChI is InChI=1S/C19H25ClN2O3/c1-19(2)10-11-6-12(20)7-16(17(11)25-19)18(23)21-13-8-14-4-5-15(9-13)22(14,3)24/h6-7,13-15H,4-5,8-10H2,1-3H3,(H,21,23)/t13?,14-,15+,22?. The molecule has 136 valence electrons. The Kier molecular flexibility index (Phi) is 3.84.